The monoisotopic (exact) mass is 277 g/mol. The van der Waals surface area contributed by atoms with Crippen molar-refractivity contribution in [2.24, 2.45) is 0 Å². The Bertz CT molecular complexity index is 757. The summed E-state index contributed by atoms with van der Waals surface area (Å²) in [6, 6.07) is 16.0. The van der Waals surface area contributed by atoms with E-state index in [1.807, 2.05) is 12.1 Å². The lowest BCUT2D eigenvalue weighted by molar-refractivity contribution is 0.104. The highest BCUT2D eigenvalue weighted by Crippen LogP contribution is 2.33. The first-order valence-electron chi connectivity index (χ1n) is 6.39. The second kappa shape index (κ2) is 5.51. The maximum absolute atomic E-state index is 12.3. The molecule has 0 amide bonds. The minimum absolute atomic E-state index is 0.0834. The Hall–Kier alpha value is -3.06. The molecule has 0 aromatic heterocycles. The molecule has 1 aliphatic heterocycles. The summed E-state index contributed by atoms with van der Waals surface area (Å²) in [7, 11) is 0. The second-order valence-electron chi connectivity index (χ2n) is 4.48. The summed E-state index contributed by atoms with van der Waals surface area (Å²) in [5.41, 5.74) is 1.30. The molecule has 0 bridgehead atoms. The van der Waals surface area contributed by atoms with Crippen molar-refractivity contribution in [2.45, 2.75) is 0 Å². The molecule has 3 rings (SSSR count). The quantitative estimate of drug-likeness (QED) is 0.491. The van der Waals surface area contributed by atoms with Crippen LogP contribution >= 0.6 is 0 Å². The van der Waals surface area contributed by atoms with Gasteiger partial charge in [-0.05, 0) is 23.8 Å². The molecule has 0 saturated carbocycles. The number of Topliss-reactive ketones (excluding diaryl/α,β-unsaturated/α-hetero) is 1. The highest BCUT2D eigenvalue weighted by molar-refractivity contribution is 6.14. The lowest BCUT2D eigenvalue weighted by Crippen LogP contribution is -2.01. The number of rotatable bonds is 3. The topological polar surface area (TPSA) is 59.3 Å². The summed E-state index contributed by atoms with van der Waals surface area (Å²) in [4.78, 5) is 12.3. The first-order chi connectivity index (χ1) is 10.3. The van der Waals surface area contributed by atoms with Crippen molar-refractivity contribution in [3.63, 3.8) is 0 Å². The predicted octanol–water partition coefficient (Wildman–Crippen LogP) is 3.21. The van der Waals surface area contributed by atoms with E-state index >= 15 is 0 Å². The Labute approximate surface area is 121 Å². The summed E-state index contributed by atoms with van der Waals surface area (Å²) >= 11 is 0. The van der Waals surface area contributed by atoms with Gasteiger partial charge in [-0.1, -0.05) is 36.4 Å². The van der Waals surface area contributed by atoms with Gasteiger partial charge in [-0.25, -0.2) is 0 Å². The van der Waals surface area contributed by atoms with Gasteiger partial charge in [-0.2, -0.15) is 5.26 Å². The molecule has 0 saturated heterocycles. The number of carbonyl (C=O) groups is 1. The minimum atomic E-state index is -0.296. The number of ketones is 1. The number of allylic oxidation sites excluding steroid dienone is 1. The van der Waals surface area contributed by atoms with E-state index in [1.165, 1.54) is 0 Å². The van der Waals surface area contributed by atoms with Crippen LogP contribution in [0.15, 0.2) is 54.1 Å². The minimum Gasteiger partial charge on any atom is -0.454 e. The van der Waals surface area contributed by atoms with Crippen LogP contribution in [0.4, 0.5) is 0 Å². The molecule has 0 N–H and O–H groups in total. The number of benzene rings is 2. The zero-order chi connectivity index (χ0) is 14.7. The van der Waals surface area contributed by atoms with Crippen molar-refractivity contribution < 1.29 is 14.3 Å². The SMILES string of the molecule is N#C/C(=C\c1ccc2c(c1)OCO2)C(=O)c1ccccc1. The van der Waals surface area contributed by atoms with Crippen LogP contribution in [0.5, 0.6) is 11.5 Å². The first kappa shape index (κ1) is 12.9. The number of carbonyl (C=O) groups excluding carboxylic acids is 1. The van der Waals surface area contributed by atoms with Crippen molar-refractivity contribution in [2.75, 3.05) is 6.79 Å². The molecular weight excluding hydrogens is 266 g/mol. The van der Waals surface area contributed by atoms with Gasteiger partial charge in [0.1, 0.15) is 11.6 Å². The van der Waals surface area contributed by atoms with Gasteiger partial charge in [0.25, 0.3) is 0 Å². The summed E-state index contributed by atoms with van der Waals surface area (Å²) < 4.78 is 10.5. The van der Waals surface area contributed by atoms with Gasteiger partial charge >= 0.3 is 0 Å². The van der Waals surface area contributed by atoms with Crippen LogP contribution in [0, 0.1) is 11.3 Å². The summed E-state index contributed by atoms with van der Waals surface area (Å²) in [6.45, 7) is 0.191. The molecule has 102 valence electrons. The van der Waals surface area contributed by atoms with Gasteiger partial charge in [0, 0.05) is 5.56 Å². The number of nitrogens with zero attached hydrogens (tertiary/aromatic N) is 1. The van der Waals surface area contributed by atoms with Crippen LogP contribution in [0.2, 0.25) is 0 Å². The van der Waals surface area contributed by atoms with E-state index in [2.05, 4.69) is 0 Å². The number of hydrogen-bond donors (Lipinski definition) is 0. The van der Waals surface area contributed by atoms with Crippen molar-refractivity contribution in [3.05, 3.63) is 65.2 Å². The summed E-state index contributed by atoms with van der Waals surface area (Å²) in [5.74, 6) is 0.990. The molecule has 0 spiro atoms. The van der Waals surface area contributed by atoms with E-state index in [4.69, 9.17) is 9.47 Å². The van der Waals surface area contributed by atoms with E-state index in [-0.39, 0.29) is 18.1 Å². The lowest BCUT2D eigenvalue weighted by atomic mass is 10.0. The van der Waals surface area contributed by atoms with Gasteiger partial charge in [-0.3, -0.25) is 4.79 Å². The summed E-state index contributed by atoms with van der Waals surface area (Å²) in [6.07, 6.45) is 1.55. The van der Waals surface area contributed by atoms with Crippen LogP contribution in [0.3, 0.4) is 0 Å². The Morgan fingerprint density at radius 3 is 2.62 bits per heavy atom. The van der Waals surface area contributed by atoms with Crippen LogP contribution in [0.1, 0.15) is 15.9 Å². The molecule has 1 aliphatic rings. The van der Waals surface area contributed by atoms with Crippen LogP contribution in [-0.2, 0) is 0 Å². The van der Waals surface area contributed by atoms with Crippen molar-refractivity contribution in [1.82, 2.24) is 0 Å². The van der Waals surface area contributed by atoms with Gasteiger partial charge in [0.2, 0.25) is 12.6 Å². The molecule has 0 aliphatic carbocycles. The molecule has 0 unspecified atom stereocenters. The van der Waals surface area contributed by atoms with Crippen molar-refractivity contribution >= 4 is 11.9 Å². The standard InChI is InChI=1S/C17H11NO3/c18-10-14(17(19)13-4-2-1-3-5-13)8-12-6-7-15-16(9-12)21-11-20-15/h1-9H,11H2/b14-8+. The van der Waals surface area contributed by atoms with Crippen molar-refractivity contribution in [3.8, 4) is 17.6 Å². The Balaban J connectivity index is 1.93. The zero-order valence-electron chi connectivity index (χ0n) is 11.1. The van der Waals surface area contributed by atoms with E-state index in [0.717, 1.165) is 5.56 Å². The zero-order valence-corrected chi connectivity index (χ0v) is 11.1. The lowest BCUT2D eigenvalue weighted by Gasteiger charge is -2.01. The third-order valence-corrected chi connectivity index (χ3v) is 3.11. The van der Waals surface area contributed by atoms with Crippen LogP contribution < -0.4 is 9.47 Å². The number of fused-ring (bicyclic) bond motifs is 1. The third-order valence-electron chi connectivity index (χ3n) is 3.11. The van der Waals surface area contributed by atoms with Crippen LogP contribution in [-0.4, -0.2) is 12.6 Å². The fraction of sp³-hybridized carbons (Fsp3) is 0.0588. The molecule has 0 radical (unpaired) electrons. The Morgan fingerprint density at radius 2 is 1.86 bits per heavy atom. The largest absolute Gasteiger partial charge is 0.454 e. The van der Waals surface area contributed by atoms with E-state index < -0.39 is 0 Å². The molecule has 1 heterocycles. The number of hydrogen-bond acceptors (Lipinski definition) is 4. The highest BCUT2D eigenvalue weighted by atomic mass is 16.7. The first-order valence-corrected chi connectivity index (χ1v) is 6.39. The van der Waals surface area contributed by atoms with Gasteiger partial charge in [0.05, 0.1) is 0 Å². The molecule has 2 aromatic rings. The molecule has 2 aromatic carbocycles. The average molecular weight is 277 g/mol. The van der Waals surface area contributed by atoms with E-state index in [0.29, 0.717) is 17.1 Å². The molecule has 0 fully saturated rings. The van der Waals surface area contributed by atoms with Gasteiger partial charge in [0.15, 0.2) is 11.5 Å². The fourth-order valence-electron chi connectivity index (χ4n) is 2.06. The molecule has 21 heavy (non-hydrogen) atoms. The van der Waals surface area contributed by atoms with Crippen molar-refractivity contribution in [1.29, 1.82) is 5.26 Å². The molecule has 4 heteroatoms. The summed E-state index contributed by atoms with van der Waals surface area (Å²) in [5, 5.41) is 9.22. The molecule has 4 nitrogen and oxygen atoms in total. The maximum atomic E-state index is 12.3. The third kappa shape index (κ3) is 2.63. The molecule has 0 atom stereocenters. The maximum Gasteiger partial charge on any atom is 0.231 e. The predicted molar refractivity (Wildman–Crippen MR) is 76.9 cm³/mol. The highest BCUT2D eigenvalue weighted by Gasteiger charge is 2.15. The Morgan fingerprint density at radius 1 is 1.10 bits per heavy atom. The smallest absolute Gasteiger partial charge is 0.231 e. The molecular formula is C17H11NO3. The van der Waals surface area contributed by atoms with E-state index in [9.17, 15) is 10.1 Å². The van der Waals surface area contributed by atoms with Gasteiger partial charge in [-0.15, -0.1) is 0 Å². The second-order valence-corrected chi connectivity index (χ2v) is 4.48. The number of nitriles is 1. The fourth-order valence-corrected chi connectivity index (χ4v) is 2.06. The normalized spacial score (nSPS) is 12.8. The number of ether oxygens (including phenoxy) is 2. The average Bonchev–Trinajstić information content (AvgIpc) is 3.00. The Kier molecular flexibility index (Phi) is 3.40. The van der Waals surface area contributed by atoms with E-state index in [1.54, 1.807) is 48.5 Å². The van der Waals surface area contributed by atoms with Crippen LogP contribution in [0.25, 0.3) is 6.08 Å². The van der Waals surface area contributed by atoms with Gasteiger partial charge < -0.3 is 9.47 Å².